The highest BCUT2D eigenvalue weighted by molar-refractivity contribution is 6.31. The van der Waals surface area contributed by atoms with Crippen molar-refractivity contribution in [2.45, 2.75) is 52.2 Å². The summed E-state index contributed by atoms with van der Waals surface area (Å²) in [6.45, 7) is 7.62. The fourth-order valence-electron chi connectivity index (χ4n) is 4.23. The molecule has 6 nitrogen and oxygen atoms in total. The molecule has 1 aliphatic rings. The van der Waals surface area contributed by atoms with Gasteiger partial charge < -0.3 is 18.8 Å². The van der Waals surface area contributed by atoms with E-state index < -0.39 is 6.04 Å². The van der Waals surface area contributed by atoms with Gasteiger partial charge in [0.05, 0.1) is 29.7 Å². The number of halogens is 1. The van der Waals surface area contributed by atoms with E-state index in [-0.39, 0.29) is 23.2 Å². The topological polar surface area (TPSA) is 69.0 Å². The van der Waals surface area contributed by atoms with Gasteiger partial charge in [0, 0.05) is 18.2 Å². The van der Waals surface area contributed by atoms with Gasteiger partial charge in [0.1, 0.15) is 11.3 Å². The number of unbranched alkanes of at least 4 members (excludes halogenated alkanes) is 1. The number of nitrogens with zero attached hydrogens (tertiary/aromatic N) is 1. The van der Waals surface area contributed by atoms with Gasteiger partial charge in [-0.15, -0.1) is 0 Å². The molecule has 0 fully saturated rings. The van der Waals surface area contributed by atoms with E-state index in [4.69, 9.17) is 25.5 Å². The monoisotopic (exact) mass is 483 g/mol. The fraction of sp³-hybridized carbons (Fsp3) is 0.407. The molecule has 0 aliphatic carbocycles. The lowest BCUT2D eigenvalue weighted by Gasteiger charge is -2.25. The van der Waals surface area contributed by atoms with Crippen molar-refractivity contribution in [3.63, 3.8) is 0 Å². The molecule has 0 spiro atoms. The van der Waals surface area contributed by atoms with Crippen molar-refractivity contribution >= 4 is 28.5 Å². The van der Waals surface area contributed by atoms with Crippen LogP contribution in [0.25, 0.3) is 11.0 Å². The summed E-state index contributed by atoms with van der Waals surface area (Å²) in [6, 6.07) is 11.9. The Morgan fingerprint density at radius 2 is 1.91 bits per heavy atom. The van der Waals surface area contributed by atoms with E-state index in [2.05, 4.69) is 6.92 Å². The first-order chi connectivity index (χ1) is 16.4. The van der Waals surface area contributed by atoms with Crippen LogP contribution in [0.3, 0.4) is 0 Å². The molecule has 180 valence electrons. The molecule has 4 rings (SSSR count). The number of carbonyl (C=O) groups is 1. The molecular weight excluding hydrogens is 454 g/mol. The average molecular weight is 484 g/mol. The molecule has 0 saturated heterocycles. The molecule has 0 N–H and O–H groups in total. The Bertz CT molecular complexity index is 1240. The summed E-state index contributed by atoms with van der Waals surface area (Å²) in [7, 11) is 0. The van der Waals surface area contributed by atoms with E-state index >= 15 is 0 Å². The van der Waals surface area contributed by atoms with Crippen LogP contribution in [0, 0.1) is 0 Å². The summed E-state index contributed by atoms with van der Waals surface area (Å²) in [4.78, 5) is 28.8. The molecule has 1 aliphatic heterocycles. The highest BCUT2D eigenvalue weighted by Crippen LogP contribution is 2.39. The maximum Gasteiger partial charge on any atom is 0.290 e. The van der Waals surface area contributed by atoms with E-state index in [9.17, 15) is 9.59 Å². The molecule has 0 radical (unpaired) electrons. The lowest BCUT2D eigenvalue weighted by atomic mass is 9.98. The van der Waals surface area contributed by atoms with Crippen molar-refractivity contribution in [2.75, 3.05) is 19.8 Å². The van der Waals surface area contributed by atoms with Crippen molar-refractivity contribution in [2.24, 2.45) is 0 Å². The highest BCUT2D eigenvalue weighted by atomic mass is 35.5. The summed E-state index contributed by atoms with van der Waals surface area (Å²) < 4.78 is 17.5. The number of ether oxygens (including phenoxy) is 2. The summed E-state index contributed by atoms with van der Waals surface area (Å²) in [6.07, 6.45) is 2.73. The molecular formula is C27H30ClNO5. The van der Waals surface area contributed by atoms with Gasteiger partial charge in [-0.1, -0.05) is 37.1 Å². The maximum atomic E-state index is 13.6. The predicted octanol–water partition coefficient (Wildman–Crippen LogP) is 5.99. The fourth-order valence-corrected chi connectivity index (χ4v) is 4.40. The molecule has 34 heavy (non-hydrogen) atoms. The van der Waals surface area contributed by atoms with E-state index in [0.29, 0.717) is 53.5 Å². The number of hydrogen-bond donors (Lipinski definition) is 0. The van der Waals surface area contributed by atoms with E-state index in [1.807, 2.05) is 38.1 Å². The average Bonchev–Trinajstić information content (AvgIpc) is 3.09. The van der Waals surface area contributed by atoms with Crippen molar-refractivity contribution in [3.8, 4) is 5.75 Å². The molecule has 7 heteroatoms. The lowest BCUT2D eigenvalue weighted by molar-refractivity contribution is 0.0593. The van der Waals surface area contributed by atoms with Crippen LogP contribution in [0.15, 0.2) is 51.7 Å². The number of hydrogen-bond acceptors (Lipinski definition) is 5. The van der Waals surface area contributed by atoms with Gasteiger partial charge in [-0.25, -0.2) is 0 Å². The van der Waals surface area contributed by atoms with Gasteiger partial charge in [-0.3, -0.25) is 9.59 Å². The smallest absolute Gasteiger partial charge is 0.290 e. The number of amides is 1. The first kappa shape index (κ1) is 24.3. The number of carbonyl (C=O) groups excluding carboxylic acids is 1. The lowest BCUT2D eigenvalue weighted by Crippen LogP contribution is -2.31. The number of rotatable bonds is 10. The number of fused-ring (bicyclic) bond motifs is 2. The Balaban J connectivity index is 1.77. The van der Waals surface area contributed by atoms with Crippen LogP contribution < -0.4 is 10.2 Å². The minimum Gasteiger partial charge on any atom is -0.494 e. The minimum absolute atomic E-state index is 0.0897. The first-order valence-electron chi connectivity index (χ1n) is 11.8. The third kappa shape index (κ3) is 4.98. The summed E-state index contributed by atoms with van der Waals surface area (Å²) in [5.74, 6) is 0.505. The van der Waals surface area contributed by atoms with E-state index in [1.54, 1.807) is 23.1 Å². The molecule has 1 aromatic heterocycles. The zero-order chi connectivity index (χ0) is 24.2. The van der Waals surface area contributed by atoms with E-state index in [1.165, 1.54) is 0 Å². The van der Waals surface area contributed by atoms with Crippen LogP contribution in [0.2, 0.25) is 5.02 Å². The zero-order valence-corrected chi connectivity index (χ0v) is 20.6. The van der Waals surface area contributed by atoms with Gasteiger partial charge in [-0.05, 0) is 62.6 Å². The molecule has 2 heterocycles. The minimum atomic E-state index is -0.573. The standard InChI is InChI=1S/C27H30ClNO5/c1-4-5-13-33-20-9-6-8-18(15-20)24-23-25(30)21-16-19(28)10-11-22(21)34-26(23)27(31)29(24)12-7-14-32-17(2)3/h6,8-11,15-17,24H,4-5,7,12-14H2,1-3H3. The Kier molecular flexibility index (Phi) is 7.59. The Morgan fingerprint density at radius 3 is 2.68 bits per heavy atom. The van der Waals surface area contributed by atoms with Crippen molar-refractivity contribution in [1.82, 2.24) is 4.90 Å². The molecule has 3 aromatic rings. The van der Waals surface area contributed by atoms with Crippen molar-refractivity contribution in [1.29, 1.82) is 0 Å². The Labute approximate surface area is 204 Å². The first-order valence-corrected chi connectivity index (χ1v) is 12.2. The van der Waals surface area contributed by atoms with Crippen molar-refractivity contribution < 1.29 is 18.7 Å². The van der Waals surface area contributed by atoms with Crippen molar-refractivity contribution in [3.05, 3.63) is 74.6 Å². The second kappa shape index (κ2) is 10.6. The second-order valence-electron chi connectivity index (χ2n) is 8.76. The van der Waals surface area contributed by atoms with Gasteiger partial charge >= 0.3 is 0 Å². The normalized spacial score (nSPS) is 15.4. The quantitative estimate of drug-likeness (QED) is 0.331. The van der Waals surface area contributed by atoms with Gasteiger partial charge in [0.25, 0.3) is 5.91 Å². The van der Waals surface area contributed by atoms with Crippen LogP contribution in [-0.2, 0) is 4.74 Å². The van der Waals surface area contributed by atoms with Crippen LogP contribution in [0.5, 0.6) is 5.75 Å². The summed E-state index contributed by atoms with van der Waals surface area (Å²) in [5.41, 5.74) is 1.26. The summed E-state index contributed by atoms with van der Waals surface area (Å²) >= 11 is 6.16. The summed E-state index contributed by atoms with van der Waals surface area (Å²) in [5, 5.41) is 0.805. The Hall–Kier alpha value is -2.83. The third-order valence-corrected chi connectivity index (χ3v) is 6.10. The molecule has 2 aromatic carbocycles. The predicted molar refractivity (Wildman–Crippen MR) is 133 cm³/mol. The van der Waals surface area contributed by atoms with E-state index in [0.717, 1.165) is 18.4 Å². The van der Waals surface area contributed by atoms with Gasteiger partial charge in [0.2, 0.25) is 5.76 Å². The Morgan fingerprint density at radius 1 is 1.09 bits per heavy atom. The van der Waals surface area contributed by atoms with Crippen LogP contribution >= 0.6 is 11.6 Å². The molecule has 1 atom stereocenters. The zero-order valence-electron chi connectivity index (χ0n) is 19.8. The third-order valence-electron chi connectivity index (χ3n) is 5.86. The SMILES string of the molecule is CCCCOc1cccc(C2c3c(oc4ccc(Cl)cc4c3=O)C(=O)N2CCCOC(C)C)c1. The number of benzene rings is 2. The largest absolute Gasteiger partial charge is 0.494 e. The highest BCUT2D eigenvalue weighted by Gasteiger charge is 2.42. The molecule has 1 amide bonds. The van der Waals surface area contributed by atoms with Gasteiger partial charge in [0.15, 0.2) is 5.43 Å². The molecule has 1 unspecified atom stereocenters. The van der Waals surface area contributed by atoms with Crippen LogP contribution in [0.1, 0.15) is 67.8 Å². The molecule has 0 saturated carbocycles. The van der Waals surface area contributed by atoms with Crippen LogP contribution in [-0.4, -0.2) is 36.7 Å². The maximum absolute atomic E-state index is 13.6. The van der Waals surface area contributed by atoms with Crippen LogP contribution in [0.4, 0.5) is 0 Å². The van der Waals surface area contributed by atoms with Gasteiger partial charge in [-0.2, -0.15) is 0 Å². The second-order valence-corrected chi connectivity index (χ2v) is 9.20. The molecule has 0 bridgehead atoms.